The van der Waals surface area contributed by atoms with E-state index >= 15 is 0 Å². The molecule has 2 amide bonds. The number of hydrogen-bond donors (Lipinski definition) is 1. The summed E-state index contributed by atoms with van der Waals surface area (Å²) in [5.41, 5.74) is 3.21. The van der Waals surface area contributed by atoms with Gasteiger partial charge in [-0.15, -0.1) is 11.8 Å². The van der Waals surface area contributed by atoms with Crippen molar-refractivity contribution in [3.05, 3.63) is 65.4 Å². The number of anilines is 1. The summed E-state index contributed by atoms with van der Waals surface area (Å²) in [5, 5.41) is 2.72. The normalized spacial score (nSPS) is 19.2. The lowest BCUT2D eigenvalue weighted by Gasteiger charge is -2.32. The lowest BCUT2D eigenvalue weighted by Crippen LogP contribution is -2.37. The summed E-state index contributed by atoms with van der Waals surface area (Å²) < 4.78 is 5.27. The van der Waals surface area contributed by atoms with E-state index in [-0.39, 0.29) is 29.0 Å². The standard InChI is InChI=1S/C24H27N3O3S/c1-16(17-10-12-18(30-2)13-11-17)27-23(29)19-7-3-4-8-20(19)24(27)31-15-22(28)26-21-9-5-6-14-25-21/h5-6,9-14,16,24H,3-4,7-8,15H2,1-2H3,(H,25,26,28)/t16-,24-/m0/s1. The molecule has 0 saturated heterocycles. The maximum Gasteiger partial charge on any atom is 0.251 e. The van der Waals surface area contributed by atoms with Crippen molar-refractivity contribution in [3.8, 4) is 5.75 Å². The van der Waals surface area contributed by atoms with Gasteiger partial charge in [-0.3, -0.25) is 9.59 Å². The van der Waals surface area contributed by atoms with Crippen LogP contribution in [0.1, 0.15) is 44.2 Å². The molecule has 1 aromatic heterocycles. The van der Waals surface area contributed by atoms with Crippen LogP contribution >= 0.6 is 11.8 Å². The number of carbonyl (C=O) groups excluding carboxylic acids is 2. The van der Waals surface area contributed by atoms with Crippen LogP contribution in [0, 0.1) is 0 Å². The molecule has 7 heteroatoms. The van der Waals surface area contributed by atoms with E-state index in [1.807, 2.05) is 41.3 Å². The average molecular weight is 438 g/mol. The Bertz CT molecular complexity index is 975. The number of nitrogens with zero attached hydrogens (tertiary/aromatic N) is 2. The first-order valence-electron chi connectivity index (χ1n) is 10.6. The molecule has 2 aliphatic rings. The lowest BCUT2D eigenvalue weighted by atomic mass is 9.94. The molecule has 0 spiro atoms. The molecule has 31 heavy (non-hydrogen) atoms. The van der Waals surface area contributed by atoms with Gasteiger partial charge in [0.25, 0.3) is 5.91 Å². The van der Waals surface area contributed by atoms with Crippen molar-refractivity contribution >= 4 is 29.4 Å². The van der Waals surface area contributed by atoms with Gasteiger partial charge in [0.15, 0.2) is 0 Å². The zero-order valence-electron chi connectivity index (χ0n) is 17.8. The van der Waals surface area contributed by atoms with Gasteiger partial charge in [0.05, 0.1) is 18.9 Å². The first kappa shape index (κ1) is 21.4. The van der Waals surface area contributed by atoms with Crippen LogP contribution in [-0.2, 0) is 9.59 Å². The molecule has 0 saturated carbocycles. The van der Waals surface area contributed by atoms with Gasteiger partial charge in [0.1, 0.15) is 16.9 Å². The van der Waals surface area contributed by atoms with E-state index in [0.29, 0.717) is 5.82 Å². The second-order valence-electron chi connectivity index (χ2n) is 7.80. The molecule has 1 aromatic carbocycles. The van der Waals surface area contributed by atoms with Gasteiger partial charge in [-0.2, -0.15) is 0 Å². The van der Waals surface area contributed by atoms with Gasteiger partial charge in [0, 0.05) is 11.8 Å². The number of aromatic nitrogens is 1. The van der Waals surface area contributed by atoms with Gasteiger partial charge in [-0.1, -0.05) is 18.2 Å². The Labute approximate surface area is 187 Å². The summed E-state index contributed by atoms with van der Waals surface area (Å²) in [7, 11) is 1.64. The number of hydrogen-bond acceptors (Lipinski definition) is 5. The predicted molar refractivity (Wildman–Crippen MR) is 123 cm³/mol. The van der Waals surface area contributed by atoms with Crippen molar-refractivity contribution in [1.82, 2.24) is 9.88 Å². The minimum absolute atomic E-state index is 0.0969. The SMILES string of the molecule is COc1ccc([C@H](C)N2C(=O)C3=C(CCCC3)[C@@H]2SCC(=O)Nc2ccccn2)cc1. The van der Waals surface area contributed by atoms with E-state index in [9.17, 15) is 9.59 Å². The first-order valence-corrected chi connectivity index (χ1v) is 11.6. The zero-order valence-corrected chi connectivity index (χ0v) is 18.7. The Hall–Kier alpha value is -2.80. The number of nitrogens with one attached hydrogen (secondary N) is 1. The zero-order chi connectivity index (χ0) is 21.8. The Kier molecular flexibility index (Phi) is 6.61. The summed E-state index contributed by atoms with van der Waals surface area (Å²) >= 11 is 1.52. The third kappa shape index (κ3) is 4.61. The smallest absolute Gasteiger partial charge is 0.251 e. The van der Waals surface area contributed by atoms with E-state index in [1.54, 1.807) is 19.4 Å². The number of amides is 2. The fourth-order valence-electron chi connectivity index (χ4n) is 4.25. The lowest BCUT2D eigenvalue weighted by molar-refractivity contribution is -0.128. The summed E-state index contributed by atoms with van der Waals surface area (Å²) in [6.07, 6.45) is 5.54. The molecule has 0 bridgehead atoms. The molecule has 0 fully saturated rings. The number of pyridine rings is 1. The van der Waals surface area contributed by atoms with Crippen LogP contribution in [0.3, 0.4) is 0 Å². The van der Waals surface area contributed by atoms with Crippen molar-refractivity contribution in [1.29, 1.82) is 0 Å². The van der Waals surface area contributed by atoms with Crippen molar-refractivity contribution in [2.24, 2.45) is 0 Å². The third-order valence-electron chi connectivity index (χ3n) is 5.87. The highest BCUT2D eigenvalue weighted by Crippen LogP contribution is 2.44. The fourth-order valence-corrected chi connectivity index (χ4v) is 5.53. The molecule has 162 valence electrons. The number of methoxy groups -OCH3 is 1. The number of benzene rings is 1. The van der Waals surface area contributed by atoms with Crippen LogP contribution in [-0.4, -0.2) is 39.9 Å². The van der Waals surface area contributed by atoms with Crippen molar-refractivity contribution in [2.75, 3.05) is 18.2 Å². The van der Waals surface area contributed by atoms with E-state index < -0.39 is 0 Å². The third-order valence-corrected chi connectivity index (χ3v) is 7.13. The first-order chi connectivity index (χ1) is 15.1. The molecule has 2 heterocycles. The summed E-state index contributed by atoms with van der Waals surface area (Å²) in [5.74, 6) is 1.59. The highest BCUT2D eigenvalue weighted by atomic mass is 32.2. The molecule has 1 aliphatic carbocycles. The molecule has 1 N–H and O–H groups in total. The second-order valence-corrected chi connectivity index (χ2v) is 8.87. The van der Waals surface area contributed by atoms with Gasteiger partial charge in [0.2, 0.25) is 5.91 Å². The van der Waals surface area contributed by atoms with Crippen molar-refractivity contribution < 1.29 is 14.3 Å². The van der Waals surface area contributed by atoms with E-state index in [1.165, 1.54) is 17.3 Å². The highest BCUT2D eigenvalue weighted by Gasteiger charge is 2.42. The Morgan fingerprint density at radius 1 is 1.23 bits per heavy atom. The molecule has 6 nitrogen and oxygen atoms in total. The molecule has 2 aromatic rings. The molecule has 2 atom stereocenters. The van der Waals surface area contributed by atoms with Gasteiger partial charge in [-0.25, -0.2) is 4.98 Å². The van der Waals surface area contributed by atoms with Gasteiger partial charge < -0.3 is 15.0 Å². The van der Waals surface area contributed by atoms with E-state index in [2.05, 4.69) is 17.2 Å². The summed E-state index contributed by atoms with van der Waals surface area (Å²) in [6.45, 7) is 2.06. The average Bonchev–Trinajstić information content (AvgIpc) is 3.09. The Morgan fingerprint density at radius 3 is 2.71 bits per heavy atom. The number of thioether (sulfide) groups is 1. The molecule has 0 unspecified atom stereocenters. The van der Waals surface area contributed by atoms with Gasteiger partial charge >= 0.3 is 0 Å². The van der Waals surface area contributed by atoms with Crippen LogP contribution < -0.4 is 10.1 Å². The number of rotatable bonds is 7. The van der Waals surface area contributed by atoms with Crippen molar-refractivity contribution in [2.45, 2.75) is 44.0 Å². The van der Waals surface area contributed by atoms with Crippen LogP contribution in [0.2, 0.25) is 0 Å². The second kappa shape index (κ2) is 9.56. The molecular weight excluding hydrogens is 410 g/mol. The fraction of sp³-hybridized carbons (Fsp3) is 0.375. The minimum Gasteiger partial charge on any atom is -0.497 e. The molecule has 4 rings (SSSR count). The maximum atomic E-state index is 13.3. The molecular formula is C24H27N3O3S. The minimum atomic E-state index is -0.116. The van der Waals surface area contributed by atoms with E-state index in [0.717, 1.165) is 42.6 Å². The summed E-state index contributed by atoms with van der Waals surface area (Å²) in [6, 6.07) is 13.2. The largest absolute Gasteiger partial charge is 0.497 e. The van der Waals surface area contributed by atoms with Crippen LogP contribution in [0.5, 0.6) is 5.75 Å². The number of ether oxygens (including phenoxy) is 1. The quantitative estimate of drug-likeness (QED) is 0.687. The van der Waals surface area contributed by atoms with Crippen LogP contribution in [0.15, 0.2) is 59.8 Å². The maximum absolute atomic E-state index is 13.3. The molecule has 1 aliphatic heterocycles. The topological polar surface area (TPSA) is 71.5 Å². The molecule has 0 radical (unpaired) electrons. The highest BCUT2D eigenvalue weighted by molar-refractivity contribution is 8.00. The van der Waals surface area contributed by atoms with Crippen molar-refractivity contribution in [3.63, 3.8) is 0 Å². The van der Waals surface area contributed by atoms with Crippen LogP contribution in [0.4, 0.5) is 5.82 Å². The number of carbonyl (C=O) groups is 2. The van der Waals surface area contributed by atoms with Crippen LogP contribution in [0.25, 0.3) is 0 Å². The monoisotopic (exact) mass is 437 g/mol. The Morgan fingerprint density at radius 2 is 2.00 bits per heavy atom. The van der Waals surface area contributed by atoms with Gasteiger partial charge in [-0.05, 0) is 68.0 Å². The Balaban J connectivity index is 1.52. The predicted octanol–water partition coefficient (Wildman–Crippen LogP) is 4.56. The van der Waals surface area contributed by atoms with E-state index in [4.69, 9.17) is 4.74 Å². The summed E-state index contributed by atoms with van der Waals surface area (Å²) in [4.78, 5) is 32.0.